The highest BCUT2D eigenvalue weighted by molar-refractivity contribution is 5.91. The molecule has 196 valence electrons. The van der Waals surface area contributed by atoms with Crippen molar-refractivity contribution in [3.05, 3.63) is 59.7 Å². The lowest BCUT2D eigenvalue weighted by Crippen LogP contribution is -2.46. The number of halogens is 1. The molecule has 2 aliphatic heterocycles. The molecule has 2 atom stereocenters. The number of likely N-dealkylation sites (tertiary alicyclic amines) is 1. The summed E-state index contributed by atoms with van der Waals surface area (Å²) in [5.74, 6) is 0.350. The predicted molar refractivity (Wildman–Crippen MR) is 138 cm³/mol. The fourth-order valence-electron chi connectivity index (χ4n) is 5.00. The number of benzene rings is 1. The maximum absolute atomic E-state index is 13.2. The Morgan fingerprint density at radius 1 is 1.14 bits per heavy atom. The molecule has 0 aliphatic carbocycles. The van der Waals surface area contributed by atoms with E-state index >= 15 is 0 Å². The standard InChI is InChI=1S/C27H33FN6O3/c1-18-2-3-20(12-29-18)16-37-25-15-34(21-6-8-36-9-7-21)14-24(25)33-26(35)13-30-27-22-10-19(11-28)4-5-23(22)31-17-32-27/h2-5,10,12,17,21,24-25H,6-9,11,13-16H2,1H3,(H,33,35)(H,30,31,32)/t24?,25-/m0/s1. The molecule has 2 saturated heterocycles. The van der Waals surface area contributed by atoms with E-state index in [4.69, 9.17) is 9.47 Å². The lowest BCUT2D eigenvalue weighted by atomic mass is 10.1. The molecule has 9 nitrogen and oxygen atoms in total. The predicted octanol–water partition coefficient (Wildman–Crippen LogP) is 2.78. The van der Waals surface area contributed by atoms with Gasteiger partial charge in [-0.05, 0) is 49.1 Å². The van der Waals surface area contributed by atoms with Gasteiger partial charge in [-0.15, -0.1) is 0 Å². The van der Waals surface area contributed by atoms with Crippen LogP contribution in [0.3, 0.4) is 0 Å². The first-order valence-electron chi connectivity index (χ1n) is 12.8. The van der Waals surface area contributed by atoms with Gasteiger partial charge in [0.15, 0.2) is 0 Å². The summed E-state index contributed by atoms with van der Waals surface area (Å²) in [5, 5.41) is 6.95. The average Bonchev–Trinajstić information content (AvgIpc) is 3.34. The number of aromatic nitrogens is 3. The van der Waals surface area contributed by atoms with E-state index in [1.807, 2.05) is 25.3 Å². The molecule has 1 aromatic carbocycles. The Kier molecular flexibility index (Phi) is 8.18. The third kappa shape index (κ3) is 6.38. The van der Waals surface area contributed by atoms with Crippen molar-refractivity contribution in [2.24, 2.45) is 0 Å². The molecular weight excluding hydrogens is 475 g/mol. The van der Waals surface area contributed by atoms with Gasteiger partial charge in [0.05, 0.1) is 30.8 Å². The summed E-state index contributed by atoms with van der Waals surface area (Å²) < 4.78 is 25.0. The Morgan fingerprint density at radius 3 is 2.76 bits per heavy atom. The number of anilines is 1. The molecule has 2 N–H and O–H groups in total. The first-order valence-corrected chi connectivity index (χ1v) is 12.8. The maximum Gasteiger partial charge on any atom is 0.239 e. The number of aryl methyl sites for hydroxylation is 1. The van der Waals surface area contributed by atoms with E-state index in [1.165, 1.54) is 6.33 Å². The SMILES string of the molecule is Cc1ccc(CO[C@H]2CN(C3CCOCC3)CC2NC(=O)CNc2ncnc3ccc(CF)cc23)cn1. The molecule has 0 radical (unpaired) electrons. The normalized spacial score (nSPS) is 20.8. The summed E-state index contributed by atoms with van der Waals surface area (Å²) in [6, 6.07) is 9.44. The average molecular weight is 509 g/mol. The van der Waals surface area contributed by atoms with Gasteiger partial charge < -0.3 is 20.1 Å². The van der Waals surface area contributed by atoms with Gasteiger partial charge in [-0.1, -0.05) is 12.1 Å². The molecular formula is C27H33FN6O3. The van der Waals surface area contributed by atoms with Crippen molar-refractivity contribution in [2.45, 2.75) is 51.2 Å². The van der Waals surface area contributed by atoms with Crippen molar-refractivity contribution in [1.29, 1.82) is 0 Å². The summed E-state index contributed by atoms with van der Waals surface area (Å²) in [7, 11) is 0. The summed E-state index contributed by atoms with van der Waals surface area (Å²) >= 11 is 0. The first-order chi connectivity index (χ1) is 18.1. The monoisotopic (exact) mass is 508 g/mol. The molecule has 2 aromatic heterocycles. The van der Waals surface area contributed by atoms with Crippen molar-refractivity contribution in [1.82, 2.24) is 25.2 Å². The van der Waals surface area contributed by atoms with E-state index in [0.717, 1.165) is 50.4 Å². The number of amides is 1. The van der Waals surface area contributed by atoms with Gasteiger partial charge >= 0.3 is 0 Å². The Labute approximate surface area is 215 Å². The van der Waals surface area contributed by atoms with E-state index in [2.05, 4.69) is 30.5 Å². The molecule has 1 amide bonds. The number of nitrogens with one attached hydrogen (secondary N) is 2. The molecule has 2 aliphatic rings. The number of carbonyl (C=O) groups is 1. The zero-order chi connectivity index (χ0) is 25.6. The number of ether oxygens (including phenoxy) is 2. The lowest BCUT2D eigenvalue weighted by molar-refractivity contribution is -0.121. The third-order valence-corrected chi connectivity index (χ3v) is 7.06. The van der Waals surface area contributed by atoms with E-state index in [9.17, 15) is 9.18 Å². The van der Waals surface area contributed by atoms with Gasteiger partial charge in [0.1, 0.15) is 18.8 Å². The molecule has 2 fully saturated rings. The third-order valence-electron chi connectivity index (χ3n) is 7.06. The van der Waals surface area contributed by atoms with E-state index in [1.54, 1.807) is 18.2 Å². The smallest absolute Gasteiger partial charge is 0.239 e. The highest BCUT2D eigenvalue weighted by atomic mass is 19.1. The molecule has 0 spiro atoms. The van der Waals surface area contributed by atoms with Crippen molar-refractivity contribution in [3.8, 4) is 0 Å². The lowest BCUT2D eigenvalue weighted by Gasteiger charge is -2.30. The topological polar surface area (TPSA) is 102 Å². The van der Waals surface area contributed by atoms with E-state index in [0.29, 0.717) is 34.9 Å². The highest BCUT2D eigenvalue weighted by Crippen LogP contribution is 2.24. The molecule has 5 rings (SSSR count). The molecule has 3 aromatic rings. The summed E-state index contributed by atoms with van der Waals surface area (Å²) in [6.07, 6.45) is 5.10. The Morgan fingerprint density at radius 2 is 1.97 bits per heavy atom. The van der Waals surface area contributed by atoms with Crippen LogP contribution >= 0.6 is 0 Å². The van der Waals surface area contributed by atoms with Crippen LogP contribution in [0, 0.1) is 6.92 Å². The molecule has 0 saturated carbocycles. The van der Waals surface area contributed by atoms with Crippen molar-refractivity contribution >= 4 is 22.6 Å². The minimum atomic E-state index is -0.573. The second-order valence-electron chi connectivity index (χ2n) is 9.69. The molecule has 37 heavy (non-hydrogen) atoms. The maximum atomic E-state index is 13.2. The van der Waals surface area contributed by atoms with Crippen molar-refractivity contribution in [3.63, 3.8) is 0 Å². The van der Waals surface area contributed by atoms with Gasteiger partial charge in [-0.25, -0.2) is 14.4 Å². The van der Waals surface area contributed by atoms with Crippen LogP contribution in [0.5, 0.6) is 0 Å². The fourth-order valence-corrected chi connectivity index (χ4v) is 5.00. The minimum Gasteiger partial charge on any atom is -0.381 e. The first kappa shape index (κ1) is 25.4. The second kappa shape index (κ2) is 11.9. The number of carbonyl (C=O) groups excluding carboxylic acids is 1. The van der Waals surface area contributed by atoms with E-state index < -0.39 is 6.67 Å². The Balaban J connectivity index is 1.23. The number of alkyl halides is 1. The molecule has 10 heteroatoms. The van der Waals surface area contributed by atoms with Crippen LogP contribution < -0.4 is 10.6 Å². The van der Waals surface area contributed by atoms with Crippen molar-refractivity contribution in [2.75, 3.05) is 38.2 Å². The zero-order valence-electron chi connectivity index (χ0n) is 21.0. The highest BCUT2D eigenvalue weighted by Gasteiger charge is 2.38. The Bertz CT molecular complexity index is 1200. The minimum absolute atomic E-state index is 0.0360. The van der Waals surface area contributed by atoms with Crippen LogP contribution in [0.1, 0.15) is 29.7 Å². The van der Waals surface area contributed by atoms with E-state index in [-0.39, 0.29) is 24.6 Å². The largest absolute Gasteiger partial charge is 0.381 e. The van der Waals surface area contributed by atoms with Crippen LogP contribution in [0.25, 0.3) is 10.9 Å². The van der Waals surface area contributed by atoms with Crippen LogP contribution in [0.4, 0.5) is 10.2 Å². The van der Waals surface area contributed by atoms with Gasteiger partial charge in [-0.2, -0.15) is 0 Å². The summed E-state index contributed by atoms with van der Waals surface area (Å²) in [4.78, 5) is 28.3. The fraction of sp³-hybridized carbons (Fsp3) is 0.481. The molecule has 1 unspecified atom stereocenters. The number of rotatable bonds is 9. The number of hydrogen-bond acceptors (Lipinski definition) is 8. The Hall–Kier alpha value is -3.21. The molecule has 0 bridgehead atoms. The molecule has 4 heterocycles. The van der Waals surface area contributed by atoms with Crippen LogP contribution in [0.15, 0.2) is 42.9 Å². The summed E-state index contributed by atoms with van der Waals surface area (Å²) in [6.45, 7) is 4.86. The zero-order valence-corrected chi connectivity index (χ0v) is 21.0. The number of fused-ring (bicyclic) bond motifs is 1. The van der Waals surface area contributed by atoms with Crippen LogP contribution in [-0.2, 0) is 27.5 Å². The second-order valence-corrected chi connectivity index (χ2v) is 9.69. The van der Waals surface area contributed by atoms with Gasteiger partial charge in [0.2, 0.25) is 5.91 Å². The van der Waals surface area contributed by atoms with Crippen LogP contribution in [0.2, 0.25) is 0 Å². The number of pyridine rings is 1. The van der Waals surface area contributed by atoms with Crippen LogP contribution in [-0.4, -0.2) is 76.8 Å². The van der Waals surface area contributed by atoms with Gasteiger partial charge in [0, 0.05) is 49.6 Å². The van der Waals surface area contributed by atoms with Gasteiger partial charge in [0.25, 0.3) is 0 Å². The summed E-state index contributed by atoms with van der Waals surface area (Å²) in [5.41, 5.74) is 3.20. The quantitative estimate of drug-likeness (QED) is 0.455. The number of nitrogens with zero attached hydrogens (tertiary/aromatic N) is 4. The number of hydrogen-bond donors (Lipinski definition) is 2. The van der Waals surface area contributed by atoms with Gasteiger partial charge in [-0.3, -0.25) is 14.7 Å². The van der Waals surface area contributed by atoms with Crippen molar-refractivity contribution < 1.29 is 18.7 Å².